The molecule has 1 aliphatic carbocycles. The number of nitrogens with zero attached hydrogens (tertiary/aromatic N) is 5. The van der Waals surface area contributed by atoms with Crippen LogP contribution in [0.3, 0.4) is 0 Å². The van der Waals surface area contributed by atoms with Gasteiger partial charge in [-0.3, -0.25) is 9.48 Å². The van der Waals surface area contributed by atoms with Crippen LogP contribution >= 0.6 is 0 Å². The first-order valence-electron chi connectivity index (χ1n) is 12.7. The smallest absolute Gasteiger partial charge is 0.317 e. The van der Waals surface area contributed by atoms with Crippen LogP contribution in [0.15, 0.2) is 53.8 Å². The van der Waals surface area contributed by atoms with Crippen molar-refractivity contribution in [1.82, 2.24) is 24.9 Å². The minimum Gasteiger partial charge on any atom is -0.338 e. The molecule has 1 unspecified atom stereocenters. The number of benzene rings is 1. The van der Waals surface area contributed by atoms with Gasteiger partial charge in [0.15, 0.2) is 0 Å². The number of carbonyl (C=O) groups is 2. The van der Waals surface area contributed by atoms with E-state index in [4.69, 9.17) is 0 Å². The van der Waals surface area contributed by atoms with Crippen LogP contribution in [0.4, 0.5) is 22.0 Å². The van der Waals surface area contributed by atoms with E-state index in [2.05, 4.69) is 34.6 Å². The lowest BCUT2D eigenvalue weighted by Gasteiger charge is -2.28. The highest BCUT2D eigenvalue weighted by Gasteiger charge is 2.31. The number of hydrogen-bond donors (Lipinski definition) is 2. The second kappa shape index (κ2) is 10.2. The Hall–Kier alpha value is -3.59. The number of aryl methyl sites for hydroxylation is 1. The first-order chi connectivity index (χ1) is 17.4. The molecule has 190 valence electrons. The van der Waals surface area contributed by atoms with Gasteiger partial charge in [-0.15, -0.1) is 0 Å². The molecule has 3 heterocycles. The molecule has 0 spiro atoms. The first-order valence-corrected chi connectivity index (χ1v) is 12.7. The fourth-order valence-electron chi connectivity index (χ4n) is 5.17. The fraction of sp³-hybridized carbons (Fsp3) is 0.444. The predicted molar refractivity (Wildman–Crippen MR) is 141 cm³/mol. The van der Waals surface area contributed by atoms with Crippen LogP contribution < -0.4 is 15.5 Å². The molecule has 3 aliphatic rings. The summed E-state index contributed by atoms with van der Waals surface area (Å²) in [6.07, 6.45) is 7.45. The summed E-state index contributed by atoms with van der Waals surface area (Å²) in [6.45, 7) is 6.45. The van der Waals surface area contributed by atoms with E-state index in [1.807, 2.05) is 59.5 Å². The van der Waals surface area contributed by atoms with Crippen molar-refractivity contribution in [3.63, 3.8) is 0 Å². The molecule has 2 N–H and O–H groups in total. The van der Waals surface area contributed by atoms with E-state index in [0.29, 0.717) is 19.5 Å². The van der Waals surface area contributed by atoms with E-state index in [1.54, 1.807) is 4.68 Å². The zero-order valence-electron chi connectivity index (χ0n) is 21.3. The summed E-state index contributed by atoms with van der Waals surface area (Å²) >= 11 is 0. The van der Waals surface area contributed by atoms with Gasteiger partial charge in [0, 0.05) is 38.8 Å². The summed E-state index contributed by atoms with van der Waals surface area (Å²) in [5.41, 5.74) is 4.96. The van der Waals surface area contributed by atoms with Crippen molar-refractivity contribution in [2.75, 3.05) is 50.0 Å². The van der Waals surface area contributed by atoms with Gasteiger partial charge in [0.2, 0.25) is 5.91 Å². The molecule has 2 aromatic rings. The molecule has 3 amide bonds. The van der Waals surface area contributed by atoms with Gasteiger partial charge in [-0.05, 0) is 51.1 Å². The summed E-state index contributed by atoms with van der Waals surface area (Å²) in [6, 6.07) is 7.88. The van der Waals surface area contributed by atoms with E-state index in [-0.39, 0.29) is 17.9 Å². The Morgan fingerprint density at radius 2 is 1.97 bits per heavy atom. The maximum atomic E-state index is 13.8. The number of para-hydroxylation sites is 2. The van der Waals surface area contributed by atoms with Crippen LogP contribution in [-0.4, -0.2) is 71.3 Å². The number of anilines is 3. The second-order valence-electron chi connectivity index (χ2n) is 9.99. The molecule has 1 saturated heterocycles. The van der Waals surface area contributed by atoms with Gasteiger partial charge >= 0.3 is 6.03 Å². The molecular weight excluding hydrogens is 454 g/mol. The SMILES string of the molecule is CC1=C(CNC(=O)N2CCCN(C)CC2)C=CC(C(=O)N2Cc3cnn(C)c3Nc3ccccc32)C1. The average Bonchev–Trinajstić information content (AvgIpc) is 3.03. The van der Waals surface area contributed by atoms with E-state index < -0.39 is 0 Å². The number of amides is 3. The molecule has 5 rings (SSSR count). The van der Waals surface area contributed by atoms with Crippen molar-refractivity contribution in [2.24, 2.45) is 13.0 Å². The molecule has 36 heavy (non-hydrogen) atoms. The van der Waals surface area contributed by atoms with E-state index in [1.165, 1.54) is 0 Å². The minimum absolute atomic E-state index is 0.0156. The van der Waals surface area contributed by atoms with E-state index in [9.17, 15) is 9.59 Å². The molecule has 0 radical (unpaired) electrons. The number of carbonyl (C=O) groups excluding carboxylic acids is 2. The summed E-state index contributed by atoms with van der Waals surface area (Å²) in [5.74, 6) is 0.715. The number of likely N-dealkylation sites (N-methyl/N-ethyl adjacent to an activating group) is 1. The maximum Gasteiger partial charge on any atom is 0.317 e. The van der Waals surface area contributed by atoms with Gasteiger partial charge in [-0.25, -0.2) is 4.79 Å². The molecule has 1 aromatic heterocycles. The van der Waals surface area contributed by atoms with Crippen LogP contribution in [0.5, 0.6) is 0 Å². The van der Waals surface area contributed by atoms with Gasteiger partial charge < -0.3 is 25.3 Å². The molecule has 9 nitrogen and oxygen atoms in total. The van der Waals surface area contributed by atoms with Crippen molar-refractivity contribution >= 4 is 29.1 Å². The third-order valence-corrected chi connectivity index (χ3v) is 7.41. The Bertz CT molecular complexity index is 1210. The Kier molecular flexibility index (Phi) is 6.82. The average molecular weight is 490 g/mol. The predicted octanol–water partition coefficient (Wildman–Crippen LogP) is 3.25. The highest BCUT2D eigenvalue weighted by molar-refractivity contribution is 6.00. The summed E-state index contributed by atoms with van der Waals surface area (Å²) in [4.78, 5) is 32.5. The molecule has 2 aliphatic heterocycles. The second-order valence-corrected chi connectivity index (χ2v) is 9.99. The molecule has 1 atom stereocenters. The van der Waals surface area contributed by atoms with Crippen LogP contribution in [0.25, 0.3) is 0 Å². The van der Waals surface area contributed by atoms with Crippen LogP contribution in [-0.2, 0) is 18.4 Å². The Morgan fingerprint density at radius 1 is 1.14 bits per heavy atom. The quantitative estimate of drug-likeness (QED) is 0.691. The lowest BCUT2D eigenvalue weighted by molar-refractivity contribution is -0.121. The normalized spacial score (nSPS) is 20.2. The Balaban J connectivity index is 1.26. The highest BCUT2D eigenvalue weighted by Crippen LogP contribution is 2.37. The summed E-state index contributed by atoms with van der Waals surface area (Å²) in [5, 5.41) is 10.9. The molecule has 1 aromatic carbocycles. The van der Waals surface area contributed by atoms with Gasteiger partial charge in [-0.2, -0.15) is 5.10 Å². The van der Waals surface area contributed by atoms with Crippen molar-refractivity contribution in [3.05, 3.63) is 59.3 Å². The van der Waals surface area contributed by atoms with Crippen molar-refractivity contribution in [2.45, 2.75) is 26.3 Å². The van der Waals surface area contributed by atoms with Crippen molar-refractivity contribution in [1.29, 1.82) is 0 Å². The monoisotopic (exact) mass is 489 g/mol. The van der Waals surface area contributed by atoms with E-state index in [0.717, 1.165) is 66.5 Å². The number of fused-ring (bicyclic) bond motifs is 2. The molecule has 9 heteroatoms. The van der Waals surface area contributed by atoms with Crippen LogP contribution in [0.2, 0.25) is 0 Å². The zero-order chi connectivity index (χ0) is 25.2. The number of aromatic nitrogens is 2. The lowest BCUT2D eigenvalue weighted by Crippen LogP contribution is -2.42. The minimum atomic E-state index is -0.253. The van der Waals surface area contributed by atoms with Gasteiger partial charge in [-0.1, -0.05) is 29.9 Å². The highest BCUT2D eigenvalue weighted by atomic mass is 16.2. The van der Waals surface area contributed by atoms with Crippen molar-refractivity contribution in [3.8, 4) is 0 Å². The first kappa shape index (κ1) is 24.1. The van der Waals surface area contributed by atoms with Crippen LogP contribution in [0, 0.1) is 5.92 Å². The largest absolute Gasteiger partial charge is 0.338 e. The number of urea groups is 1. The van der Waals surface area contributed by atoms with Gasteiger partial charge in [0.1, 0.15) is 5.82 Å². The Morgan fingerprint density at radius 3 is 2.81 bits per heavy atom. The van der Waals surface area contributed by atoms with Crippen LogP contribution in [0.1, 0.15) is 25.3 Å². The van der Waals surface area contributed by atoms with Gasteiger partial charge in [0.25, 0.3) is 0 Å². The number of nitrogens with one attached hydrogen (secondary N) is 2. The third-order valence-electron chi connectivity index (χ3n) is 7.41. The standard InChI is InChI=1S/C27H35N7O2/c1-19-15-20(9-10-21(19)16-28-27(36)33-12-6-11-31(2)13-14-33)26(35)34-18-22-17-29-32(3)25(22)30-23-7-4-5-8-24(23)34/h4-5,7-10,17,20,30H,6,11-16,18H2,1-3H3,(H,28,36). The van der Waals surface area contributed by atoms with E-state index >= 15 is 0 Å². The topological polar surface area (TPSA) is 85.7 Å². The maximum absolute atomic E-state index is 13.8. The van der Waals surface area contributed by atoms with Gasteiger partial charge in [0.05, 0.1) is 30.0 Å². The lowest BCUT2D eigenvalue weighted by atomic mass is 9.89. The number of rotatable bonds is 3. The third kappa shape index (κ3) is 4.88. The number of hydrogen-bond acceptors (Lipinski definition) is 5. The molecule has 0 saturated carbocycles. The molecule has 1 fully saturated rings. The van der Waals surface area contributed by atoms with Crippen molar-refractivity contribution < 1.29 is 9.59 Å². The summed E-state index contributed by atoms with van der Waals surface area (Å²) < 4.78 is 1.80. The molecular formula is C27H35N7O2. The molecule has 0 bridgehead atoms. The number of allylic oxidation sites excluding steroid dienone is 1. The summed E-state index contributed by atoms with van der Waals surface area (Å²) in [7, 11) is 3.99. The zero-order valence-corrected chi connectivity index (χ0v) is 21.3. The fourth-order valence-corrected chi connectivity index (χ4v) is 5.17. The Labute approximate surface area is 212 Å².